The number of ether oxygens (including phenoxy) is 2. The second-order valence-corrected chi connectivity index (χ2v) is 7.48. The predicted octanol–water partition coefficient (Wildman–Crippen LogP) is 3.68. The number of hydrogen-bond donors (Lipinski definition) is 2. The molecule has 148 valence electrons. The zero-order valence-electron chi connectivity index (χ0n) is 15.3. The van der Waals surface area contributed by atoms with Crippen molar-refractivity contribution in [3.05, 3.63) is 57.6 Å². The van der Waals surface area contributed by atoms with E-state index in [-0.39, 0.29) is 29.0 Å². The SMILES string of the molecule is COc1cc(C(=O)NC2(c3ccc(Cl)cc3)CCC2)cc(Cl)c1OCC(N)=O. The molecule has 0 radical (unpaired) electrons. The molecule has 0 spiro atoms. The third-order valence-corrected chi connectivity index (χ3v) is 5.34. The lowest BCUT2D eigenvalue weighted by Gasteiger charge is -2.43. The van der Waals surface area contributed by atoms with Crippen molar-refractivity contribution in [2.24, 2.45) is 5.73 Å². The average Bonchev–Trinajstić information content (AvgIpc) is 2.63. The third-order valence-electron chi connectivity index (χ3n) is 4.81. The minimum atomic E-state index is -0.644. The quantitative estimate of drug-likeness (QED) is 0.711. The van der Waals surface area contributed by atoms with Crippen LogP contribution in [0, 0.1) is 0 Å². The topological polar surface area (TPSA) is 90.7 Å². The van der Waals surface area contributed by atoms with Crippen molar-refractivity contribution in [3.63, 3.8) is 0 Å². The molecular formula is C20H20Cl2N2O4. The van der Waals surface area contributed by atoms with Crippen LogP contribution >= 0.6 is 23.2 Å². The van der Waals surface area contributed by atoms with Crippen molar-refractivity contribution in [1.29, 1.82) is 0 Å². The Balaban J connectivity index is 1.84. The number of nitrogens with two attached hydrogens (primary N) is 1. The van der Waals surface area contributed by atoms with Gasteiger partial charge in [0.05, 0.1) is 17.7 Å². The zero-order chi connectivity index (χ0) is 20.3. The smallest absolute Gasteiger partial charge is 0.255 e. The van der Waals surface area contributed by atoms with Gasteiger partial charge in [-0.15, -0.1) is 0 Å². The lowest BCUT2D eigenvalue weighted by Crippen LogP contribution is -2.50. The van der Waals surface area contributed by atoms with Crippen molar-refractivity contribution >= 4 is 35.0 Å². The number of carbonyl (C=O) groups is 2. The Morgan fingerprint density at radius 2 is 1.86 bits per heavy atom. The number of amides is 2. The van der Waals surface area contributed by atoms with E-state index in [0.29, 0.717) is 10.6 Å². The van der Waals surface area contributed by atoms with E-state index < -0.39 is 11.4 Å². The van der Waals surface area contributed by atoms with Crippen LogP contribution in [0.2, 0.25) is 10.0 Å². The van der Waals surface area contributed by atoms with Gasteiger partial charge in [-0.25, -0.2) is 0 Å². The number of nitrogens with one attached hydrogen (secondary N) is 1. The molecule has 6 nitrogen and oxygen atoms in total. The van der Waals surface area contributed by atoms with Crippen molar-refractivity contribution < 1.29 is 19.1 Å². The van der Waals surface area contributed by atoms with Gasteiger partial charge in [-0.3, -0.25) is 9.59 Å². The first-order valence-corrected chi connectivity index (χ1v) is 9.47. The fourth-order valence-corrected chi connectivity index (χ4v) is 3.60. The van der Waals surface area contributed by atoms with E-state index in [4.69, 9.17) is 38.4 Å². The molecule has 2 aromatic carbocycles. The molecule has 0 aliphatic heterocycles. The highest BCUT2D eigenvalue weighted by molar-refractivity contribution is 6.32. The minimum absolute atomic E-state index is 0.153. The molecule has 0 saturated heterocycles. The molecular weight excluding hydrogens is 403 g/mol. The third kappa shape index (κ3) is 4.18. The molecule has 28 heavy (non-hydrogen) atoms. The van der Waals surface area contributed by atoms with E-state index >= 15 is 0 Å². The predicted molar refractivity (Wildman–Crippen MR) is 107 cm³/mol. The summed E-state index contributed by atoms with van der Waals surface area (Å²) in [5.74, 6) is -0.519. The second kappa shape index (κ2) is 8.29. The first kappa shape index (κ1) is 20.3. The summed E-state index contributed by atoms with van der Waals surface area (Å²) in [6.45, 7) is -0.346. The lowest BCUT2D eigenvalue weighted by atomic mass is 9.71. The molecule has 1 saturated carbocycles. The Labute approximate surface area is 172 Å². The van der Waals surface area contributed by atoms with Crippen LogP contribution in [-0.2, 0) is 10.3 Å². The number of benzene rings is 2. The number of halogens is 2. The van der Waals surface area contributed by atoms with E-state index in [1.807, 2.05) is 24.3 Å². The van der Waals surface area contributed by atoms with Crippen LogP contribution in [0.25, 0.3) is 0 Å². The van der Waals surface area contributed by atoms with Crippen molar-refractivity contribution in [3.8, 4) is 11.5 Å². The maximum absolute atomic E-state index is 12.9. The Kier molecular flexibility index (Phi) is 6.01. The van der Waals surface area contributed by atoms with Crippen molar-refractivity contribution in [2.45, 2.75) is 24.8 Å². The van der Waals surface area contributed by atoms with Gasteiger partial charge in [-0.2, -0.15) is 0 Å². The van der Waals surface area contributed by atoms with E-state index in [2.05, 4.69) is 5.32 Å². The number of carbonyl (C=O) groups excluding carboxylic acids is 2. The molecule has 1 fully saturated rings. The number of methoxy groups -OCH3 is 1. The number of hydrogen-bond acceptors (Lipinski definition) is 4. The zero-order valence-corrected chi connectivity index (χ0v) is 16.8. The molecule has 2 amide bonds. The Hall–Kier alpha value is -2.44. The molecule has 0 heterocycles. The summed E-state index contributed by atoms with van der Waals surface area (Å²) in [5.41, 5.74) is 6.00. The van der Waals surface area contributed by atoms with E-state index in [1.54, 1.807) is 0 Å². The van der Waals surface area contributed by atoms with Crippen LogP contribution in [0.4, 0.5) is 0 Å². The summed E-state index contributed by atoms with van der Waals surface area (Å²) < 4.78 is 10.6. The molecule has 8 heteroatoms. The summed E-state index contributed by atoms with van der Waals surface area (Å²) in [6.07, 6.45) is 2.70. The summed E-state index contributed by atoms with van der Waals surface area (Å²) in [6, 6.07) is 10.5. The van der Waals surface area contributed by atoms with Gasteiger partial charge in [-0.05, 0) is 49.1 Å². The van der Waals surface area contributed by atoms with Crippen LogP contribution < -0.4 is 20.5 Å². The summed E-state index contributed by atoms with van der Waals surface area (Å²) in [5, 5.41) is 3.92. The standard InChI is InChI=1S/C20H20Cl2N2O4/c1-27-16-10-12(9-15(22)18(16)28-11-17(23)25)19(26)24-20(7-2-8-20)13-3-5-14(21)6-4-13/h3-6,9-10H,2,7-8,11H2,1H3,(H2,23,25)(H,24,26). The van der Waals surface area contributed by atoms with Crippen LogP contribution in [-0.4, -0.2) is 25.5 Å². The normalized spacial score (nSPS) is 14.7. The molecule has 2 aromatic rings. The van der Waals surface area contributed by atoms with Crippen LogP contribution in [0.5, 0.6) is 11.5 Å². The van der Waals surface area contributed by atoms with Crippen LogP contribution in [0.15, 0.2) is 36.4 Å². The molecule has 0 unspecified atom stereocenters. The Bertz CT molecular complexity index is 896. The van der Waals surface area contributed by atoms with Gasteiger partial charge in [-0.1, -0.05) is 35.3 Å². The monoisotopic (exact) mass is 422 g/mol. The van der Waals surface area contributed by atoms with Gasteiger partial charge in [0.2, 0.25) is 0 Å². The maximum Gasteiger partial charge on any atom is 0.255 e. The van der Waals surface area contributed by atoms with Crippen molar-refractivity contribution in [1.82, 2.24) is 5.32 Å². The molecule has 1 aliphatic rings. The fourth-order valence-electron chi connectivity index (χ4n) is 3.21. The van der Waals surface area contributed by atoms with Gasteiger partial charge in [0.25, 0.3) is 11.8 Å². The van der Waals surface area contributed by atoms with Gasteiger partial charge >= 0.3 is 0 Å². The van der Waals surface area contributed by atoms with E-state index in [9.17, 15) is 9.59 Å². The fraction of sp³-hybridized carbons (Fsp3) is 0.300. The first-order valence-electron chi connectivity index (χ1n) is 8.72. The first-order chi connectivity index (χ1) is 13.3. The Morgan fingerprint density at radius 3 is 2.39 bits per heavy atom. The molecule has 0 bridgehead atoms. The summed E-state index contributed by atoms with van der Waals surface area (Å²) in [4.78, 5) is 23.9. The highest BCUT2D eigenvalue weighted by Crippen LogP contribution is 2.42. The van der Waals surface area contributed by atoms with Gasteiger partial charge in [0, 0.05) is 10.6 Å². The molecule has 3 rings (SSSR count). The Morgan fingerprint density at radius 1 is 1.18 bits per heavy atom. The number of primary amides is 1. The van der Waals surface area contributed by atoms with E-state index in [0.717, 1.165) is 24.8 Å². The lowest BCUT2D eigenvalue weighted by molar-refractivity contribution is -0.119. The summed E-state index contributed by atoms with van der Waals surface area (Å²) in [7, 11) is 1.42. The average molecular weight is 423 g/mol. The van der Waals surface area contributed by atoms with Crippen LogP contribution in [0.1, 0.15) is 35.2 Å². The highest BCUT2D eigenvalue weighted by atomic mass is 35.5. The minimum Gasteiger partial charge on any atom is -0.493 e. The van der Waals surface area contributed by atoms with Crippen molar-refractivity contribution in [2.75, 3.05) is 13.7 Å². The molecule has 0 atom stereocenters. The molecule has 3 N–H and O–H groups in total. The largest absolute Gasteiger partial charge is 0.493 e. The molecule has 0 aromatic heterocycles. The second-order valence-electron chi connectivity index (χ2n) is 6.64. The molecule has 1 aliphatic carbocycles. The van der Waals surface area contributed by atoms with Gasteiger partial charge in [0.1, 0.15) is 0 Å². The van der Waals surface area contributed by atoms with Gasteiger partial charge in [0.15, 0.2) is 18.1 Å². The van der Waals surface area contributed by atoms with Gasteiger partial charge < -0.3 is 20.5 Å². The summed E-state index contributed by atoms with van der Waals surface area (Å²) >= 11 is 12.2. The van der Waals surface area contributed by atoms with E-state index in [1.165, 1.54) is 19.2 Å². The van der Waals surface area contributed by atoms with Crippen LogP contribution in [0.3, 0.4) is 0 Å². The number of rotatable bonds is 7. The maximum atomic E-state index is 12.9. The highest BCUT2D eigenvalue weighted by Gasteiger charge is 2.40.